The summed E-state index contributed by atoms with van der Waals surface area (Å²) in [6.07, 6.45) is 9.60. The third-order valence-electron chi connectivity index (χ3n) is 6.69. The van der Waals surface area contributed by atoms with Gasteiger partial charge in [-0.15, -0.1) is 0 Å². The predicted octanol–water partition coefficient (Wildman–Crippen LogP) is 9.24. The van der Waals surface area contributed by atoms with Crippen LogP contribution in [0.1, 0.15) is 85.8 Å². The highest BCUT2D eigenvalue weighted by Crippen LogP contribution is 2.23. The van der Waals surface area contributed by atoms with E-state index < -0.39 is 0 Å². The highest BCUT2D eigenvalue weighted by Gasteiger charge is 2.06. The molecule has 0 heterocycles. The molecule has 4 aromatic carbocycles. The Labute approximate surface area is 222 Å². The molecule has 0 unspecified atom stereocenters. The average molecular weight is 487 g/mol. The van der Waals surface area contributed by atoms with E-state index in [0.717, 1.165) is 47.8 Å². The van der Waals surface area contributed by atoms with Gasteiger partial charge in [0.15, 0.2) is 0 Å². The van der Waals surface area contributed by atoms with Crippen molar-refractivity contribution in [1.29, 1.82) is 0 Å². The van der Waals surface area contributed by atoms with Gasteiger partial charge in [0.25, 0.3) is 0 Å². The van der Waals surface area contributed by atoms with Crippen molar-refractivity contribution < 1.29 is 4.39 Å². The first-order chi connectivity index (χ1) is 18.2. The SMILES string of the molecule is CCCCCCc1ccc(C#Cc2ccc(C#Cc3ccc4cc(CCCC)ccc4c3F)cc2)cc1. The van der Waals surface area contributed by atoms with Gasteiger partial charge in [-0.3, -0.25) is 0 Å². The zero-order valence-electron chi connectivity index (χ0n) is 22.0. The molecule has 0 N–H and O–H groups in total. The summed E-state index contributed by atoms with van der Waals surface area (Å²) in [6.45, 7) is 4.42. The van der Waals surface area contributed by atoms with Crippen LogP contribution in [0.25, 0.3) is 10.8 Å². The predicted molar refractivity (Wildman–Crippen MR) is 155 cm³/mol. The fourth-order valence-electron chi connectivity index (χ4n) is 4.41. The smallest absolute Gasteiger partial charge is 0.146 e. The molecule has 0 radical (unpaired) electrons. The van der Waals surface area contributed by atoms with Crippen LogP contribution in [-0.4, -0.2) is 0 Å². The molecular formula is C36H35F. The molecule has 4 rings (SSSR count). The molecule has 0 bridgehead atoms. The fourth-order valence-corrected chi connectivity index (χ4v) is 4.41. The van der Waals surface area contributed by atoms with Gasteiger partial charge in [0.1, 0.15) is 5.82 Å². The van der Waals surface area contributed by atoms with Gasteiger partial charge in [-0.1, -0.05) is 99.6 Å². The van der Waals surface area contributed by atoms with Crippen molar-refractivity contribution in [3.05, 3.63) is 118 Å². The number of hydrogen-bond acceptors (Lipinski definition) is 0. The van der Waals surface area contributed by atoms with E-state index in [0.29, 0.717) is 10.9 Å². The van der Waals surface area contributed by atoms with Gasteiger partial charge >= 0.3 is 0 Å². The van der Waals surface area contributed by atoms with E-state index in [4.69, 9.17) is 0 Å². The number of unbranched alkanes of at least 4 members (excludes halogenated alkanes) is 4. The first-order valence-electron chi connectivity index (χ1n) is 13.6. The molecule has 0 aliphatic heterocycles. The summed E-state index contributed by atoms with van der Waals surface area (Å²) in [5.74, 6) is 12.3. The summed E-state index contributed by atoms with van der Waals surface area (Å²) in [5.41, 5.74) is 5.85. The van der Waals surface area contributed by atoms with E-state index in [-0.39, 0.29) is 5.82 Å². The highest BCUT2D eigenvalue weighted by atomic mass is 19.1. The summed E-state index contributed by atoms with van der Waals surface area (Å²) in [5, 5.41) is 1.56. The van der Waals surface area contributed by atoms with E-state index >= 15 is 4.39 Å². The standard InChI is InChI=1S/C36H35F/c1-3-5-7-8-10-28-11-13-29(14-12-28)15-16-30-17-19-31(20-18-30)21-23-33-24-25-34-27-32(9-6-4-2)22-26-35(34)36(33)37/h11-14,17-20,22,24-27H,3-10H2,1-2H3. The van der Waals surface area contributed by atoms with Crippen molar-refractivity contribution in [3.8, 4) is 23.7 Å². The number of halogens is 1. The first-order valence-corrected chi connectivity index (χ1v) is 13.6. The maximum atomic E-state index is 15.1. The van der Waals surface area contributed by atoms with Crippen LogP contribution in [0.3, 0.4) is 0 Å². The molecule has 0 aliphatic carbocycles. The second-order valence-electron chi connectivity index (χ2n) is 9.67. The Morgan fingerprint density at radius 2 is 1.11 bits per heavy atom. The number of rotatable bonds is 8. The lowest BCUT2D eigenvalue weighted by atomic mass is 10.0. The molecule has 0 atom stereocenters. The molecule has 37 heavy (non-hydrogen) atoms. The third kappa shape index (κ3) is 7.59. The van der Waals surface area contributed by atoms with Crippen molar-refractivity contribution in [2.24, 2.45) is 0 Å². The van der Waals surface area contributed by atoms with E-state index in [2.05, 4.69) is 67.9 Å². The van der Waals surface area contributed by atoms with Crippen molar-refractivity contribution in [2.45, 2.75) is 65.2 Å². The Hall–Kier alpha value is -3.81. The second kappa shape index (κ2) is 13.5. The molecule has 0 spiro atoms. The van der Waals surface area contributed by atoms with E-state index in [1.54, 1.807) is 6.07 Å². The minimum absolute atomic E-state index is 0.249. The molecule has 0 saturated heterocycles. The lowest BCUT2D eigenvalue weighted by molar-refractivity contribution is 0.636. The Balaban J connectivity index is 1.40. The average Bonchev–Trinajstić information content (AvgIpc) is 2.94. The van der Waals surface area contributed by atoms with Crippen LogP contribution in [-0.2, 0) is 12.8 Å². The largest absolute Gasteiger partial charge is 0.205 e. The number of fused-ring (bicyclic) bond motifs is 1. The van der Waals surface area contributed by atoms with E-state index in [9.17, 15) is 0 Å². The number of aryl methyl sites for hydroxylation is 2. The van der Waals surface area contributed by atoms with Gasteiger partial charge in [0.05, 0.1) is 5.56 Å². The van der Waals surface area contributed by atoms with Crippen LogP contribution in [0.4, 0.5) is 4.39 Å². The first kappa shape index (κ1) is 26.3. The Morgan fingerprint density at radius 3 is 1.76 bits per heavy atom. The van der Waals surface area contributed by atoms with Crippen molar-refractivity contribution >= 4 is 10.8 Å². The van der Waals surface area contributed by atoms with Crippen molar-refractivity contribution in [1.82, 2.24) is 0 Å². The minimum Gasteiger partial charge on any atom is -0.205 e. The Bertz CT molecular complexity index is 1440. The van der Waals surface area contributed by atoms with Crippen LogP contribution in [0.2, 0.25) is 0 Å². The maximum absolute atomic E-state index is 15.1. The van der Waals surface area contributed by atoms with E-state index in [1.807, 2.05) is 42.5 Å². The van der Waals surface area contributed by atoms with Crippen molar-refractivity contribution in [3.63, 3.8) is 0 Å². The Kier molecular flexibility index (Phi) is 9.57. The van der Waals surface area contributed by atoms with Gasteiger partial charge in [0.2, 0.25) is 0 Å². The molecule has 186 valence electrons. The summed E-state index contributed by atoms with van der Waals surface area (Å²) in [4.78, 5) is 0. The van der Waals surface area contributed by atoms with Crippen LogP contribution in [0.5, 0.6) is 0 Å². The monoisotopic (exact) mass is 486 g/mol. The molecule has 0 nitrogen and oxygen atoms in total. The van der Waals surface area contributed by atoms with Crippen LogP contribution < -0.4 is 0 Å². The van der Waals surface area contributed by atoms with Crippen LogP contribution >= 0.6 is 0 Å². The third-order valence-corrected chi connectivity index (χ3v) is 6.69. The Morgan fingerprint density at radius 1 is 0.541 bits per heavy atom. The summed E-state index contributed by atoms with van der Waals surface area (Å²) >= 11 is 0. The number of benzene rings is 4. The molecule has 0 saturated carbocycles. The van der Waals surface area contributed by atoms with Crippen LogP contribution in [0.15, 0.2) is 78.9 Å². The molecule has 0 fully saturated rings. The number of hydrogen-bond donors (Lipinski definition) is 0. The quantitative estimate of drug-likeness (QED) is 0.172. The maximum Gasteiger partial charge on any atom is 0.146 e. The second-order valence-corrected chi connectivity index (χ2v) is 9.67. The van der Waals surface area contributed by atoms with Crippen molar-refractivity contribution in [2.75, 3.05) is 0 Å². The molecule has 0 amide bonds. The topological polar surface area (TPSA) is 0 Å². The molecular weight excluding hydrogens is 451 g/mol. The molecule has 0 aliphatic rings. The lowest BCUT2D eigenvalue weighted by Gasteiger charge is -2.05. The molecule has 1 heteroatoms. The lowest BCUT2D eigenvalue weighted by Crippen LogP contribution is -1.90. The fraction of sp³-hybridized carbons (Fsp3) is 0.278. The summed E-state index contributed by atoms with van der Waals surface area (Å²) in [6, 6.07) is 26.1. The summed E-state index contributed by atoms with van der Waals surface area (Å²) in [7, 11) is 0. The van der Waals surface area contributed by atoms with Gasteiger partial charge in [-0.2, -0.15) is 0 Å². The minimum atomic E-state index is -0.249. The van der Waals surface area contributed by atoms with Gasteiger partial charge in [0, 0.05) is 22.1 Å². The molecule has 0 aromatic heterocycles. The zero-order chi connectivity index (χ0) is 25.9. The van der Waals surface area contributed by atoms with Gasteiger partial charge in [-0.25, -0.2) is 4.39 Å². The van der Waals surface area contributed by atoms with Gasteiger partial charge < -0.3 is 0 Å². The van der Waals surface area contributed by atoms with Crippen LogP contribution in [0, 0.1) is 29.5 Å². The summed E-state index contributed by atoms with van der Waals surface area (Å²) < 4.78 is 15.1. The highest BCUT2D eigenvalue weighted by molar-refractivity contribution is 5.85. The van der Waals surface area contributed by atoms with Gasteiger partial charge in [-0.05, 0) is 84.7 Å². The zero-order valence-corrected chi connectivity index (χ0v) is 22.0. The van der Waals surface area contributed by atoms with E-state index in [1.165, 1.54) is 36.8 Å². The molecule has 4 aromatic rings. The normalized spacial score (nSPS) is 10.5.